The summed E-state index contributed by atoms with van der Waals surface area (Å²) < 4.78 is 1.02. The fraction of sp³-hybridized carbons (Fsp3) is 0.259. The molecule has 1 aromatic heterocycles. The molecule has 3 rings (SSSR count). The van der Waals surface area contributed by atoms with Crippen LogP contribution >= 0.6 is 15.9 Å². The van der Waals surface area contributed by atoms with Crippen LogP contribution in [0.4, 0.5) is 4.79 Å². The van der Waals surface area contributed by atoms with Crippen molar-refractivity contribution in [3.05, 3.63) is 86.6 Å². The first-order valence-corrected chi connectivity index (χ1v) is 11.5. The van der Waals surface area contributed by atoms with E-state index in [1.165, 1.54) is 5.56 Å². The van der Waals surface area contributed by atoms with Gasteiger partial charge < -0.3 is 10.4 Å². The van der Waals surface area contributed by atoms with E-state index in [4.69, 9.17) is 4.98 Å². The number of rotatable bonds is 7. The van der Waals surface area contributed by atoms with Gasteiger partial charge in [-0.15, -0.1) is 0 Å². The summed E-state index contributed by atoms with van der Waals surface area (Å²) in [6.07, 6.45) is 3.90. The number of carboxylic acid groups (broad SMARTS) is 1. The van der Waals surface area contributed by atoms with Crippen molar-refractivity contribution in [3.63, 3.8) is 0 Å². The number of carbonyl (C=O) groups is 1. The van der Waals surface area contributed by atoms with Crippen molar-refractivity contribution in [1.29, 1.82) is 0 Å². The average Bonchev–Trinajstić information content (AvgIpc) is 2.73. The number of amides is 1. The van der Waals surface area contributed by atoms with Crippen LogP contribution in [0.3, 0.4) is 0 Å². The van der Waals surface area contributed by atoms with Crippen molar-refractivity contribution in [2.24, 2.45) is 5.92 Å². The molecule has 0 unspecified atom stereocenters. The van der Waals surface area contributed by atoms with Crippen LogP contribution in [-0.2, 0) is 13.0 Å². The molecule has 0 saturated carbocycles. The van der Waals surface area contributed by atoms with E-state index >= 15 is 0 Å². The lowest BCUT2D eigenvalue weighted by molar-refractivity contribution is 0.194. The molecule has 2 aromatic carbocycles. The van der Waals surface area contributed by atoms with Crippen LogP contribution in [0.5, 0.6) is 0 Å². The second-order valence-electron chi connectivity index (χ2n) is 8.39. The standard InChI is InChI=1S/C27H29BrN2O2/c1-17(2)15-25-23(16-29-27(31)32)26(21-11-9-18(3)10-12-21)22(19(4)30-25)14-13-20-7-5-6-8-24(20)28/h5-14,17,29H,15-16H2,1-4H3,(H,31,32). The van der Waals surface area contributed by atoms with E-state index in [9.17, 15) is 9.90 Å². The highest BCUT2D eigenvalue weighted by Crippen LogP contribution is 2.34. The van der Waals surface area contributed by atoms with Gasteiger partial charge in [0, 0.05) is 33.5 Å². The molecule has 1 amide bonds. The van der Waals surface area contributed by atoms with Crippen LogP contribution in [0.2, 0.25) is 0 Å². The molecule has 5 heteroatoms. The molecule has 0 radical (unpaired) electrons. The number of hydrogen-bond acceptors (Lipinski definition) is 2. The van der Waals surface area contributed by atoms with E-state index in [0.29, 0.717) is 5.92 Å². The van der Waals surface area contributed by atoms with Gasteiger partial charge in [0.1, 0.15) is 0 Å². The predicted molar refractivity (Wildman–Crippen MR) is 136 cm³/mol. The van der Waals surface area contributed by atoms with Crippen molar-refractivity contribution < 1.29 is 9.90 Å². The minimum Gasteiger partial charge on any atom is -0.465 e. The highest BCUT2D eigenvalue weighted by molar-refractivity contribution is 9.10. The third-order valence-corrected chi connectivity index (χ3v) is 6.03. The maximum atomic E-state index is 11.3. The fourth-order valence-corrected chi connectivity index (χ4v) is 4.18. The van der Waals surface area contributed by atoms with E-state index < -0.39 is 6.09 Å². The lowest BCUT2D eigenvalue weighted by Crippen LogP contribution is -2.22. The molecule has 32 heavy (non-hydrogen) atoms. The summed E-state index contributed by atoms with van der Waals surface area (Å²) in [4.78, 5) is 16.3. The van der Waals surface area contributed by atoms with E-state index in [1.54, 1.807) is 0 Å². The SMILES string of the molecule is Cc1ccc(-c2c(C=Cc3ccccc3Br)c(C)nc(CC(C)C)c2CNC(=O)O)cc1. The lowest BCUT2D eigenvalue weighted by atomic mass is 9.89. The molecule has 166 valence electrons. The Bertz CT molecular complexity index is 1140. The Morgan fingerprint density at radius 1 is 1.09 bits per heavy atom. The molecule has 1 heterocycles. The number of hydrogen-bond donors (Lipinski definition) is 2. The van der Waals surface area contributed by atoms with Gasteiger partial charge in [0.25, 0.3) is 0 Å². The molecule has 3 aromatic rings. The first-order valence-electron chi connectivity index (χ1n) is 10.7. The van der Waals surface area contributed by atoms with Gasteiger partial charge in [-0.1, -0.05) is 90.0 Å². The van der Waals surface area contributed by atoms with Gasteiger partial charge in [-0.3, -0.25) is 4.98 Å². The van der Waals surface area contributed by atoms with Crippen LogP contribution in [0, 0.1) is 19.8 Å². The number of nitrogens with one attached hydrogen (secondary N) is 1. The predicted octanol–water partition coefficient (Wildman–Crippen LogP) is 7.26. The molecular weight excluding hydrogens is 464 g/mol. The molecule has 2 N–H and O–H groups in total. The molecule has 0 spiro atoms. The summed E-state index contributed by atoms with van der Waals surface area (Å²) in [5.74, 6) is 0.401. The number of benzene rings is 2. The van der Waals surface area contributed by atoms with Crippen molar-refractivity contribution in [2.75, 3.05) is 0 Å². The Kier molecular flexibility index (Phi) is 7.86. The molecular formula is C27H29BrN2O2. The van der Waals surface area contributed by atoms with Crippen LogP contribution < -0.4 is 5.32 Å². The van der Waals surface area contributed by atoms with Gasteiger partial charge in [0.2, 0.25) is 0 Å². The van der Waals surface area contributed by atoms with Crippen LogP contribution in [0.15, 0.2) is 53.0 Å². The Morgan fingerprint density at radius 3 is 2.41 bits per heavy atom. The number of aryl methyl sites for hydroxylation is 2. The topological polar surface area (TPSA) is 62.2 Å². The van der Waals surface area contributed by atoms with Crippen LogP contribution in [0.1, 0.15) is 47.5 Å². The van der Waals surface area contributed by atoms with Crippen molar-refractivity contribution in [3.8, 4) is 11.1 Å². The summed E-state index contributed by atoms with van der Waals surface area (Å²) in [5.41, 5.74) is 8.14. The minimum atomic E-state index is -1.04. The molecule has 4 nitrogen and oxygen atoms in total. The zero-order valence-corrected chi connectivity index (χ0v) is 20.5. The van der Waals surface area contributed by atoms with Crippen molar-refractivity contribution in [1.82, 2.24) is 10.3 Å². The summed E-state index contributed by atoms with van der Waals surface area (Å²) in [7, 11) is 0. The largest absolute Gasteiger partial charge is 0.465 e. The first-order chi connectivity index (χ1) is 15.3. The molecule has 0 atom stereocenters. The van der Waals surface area contributed by atoms with Crippen LogP contribution in [0.25, 0.3) is 23.3 Å². The quantitative estimate of drug-likeness (QED) is 0.364. The summed E-state index contributed by atoms with van der Waals surface area (Å²) >= 11 is 3.61. The van der Waals surface area contributed by atoms with Crippen molar-refractivity contribution in [2.45, 2.75) is 40.7 Å². The zero-order valence-electron chi connectivity index (χ0n) is 18.9. The maximum absolute atomic E-state index is 11.3. The third kappa shape index (κ3) is 5.86. The summed E-state index contributed by atoms with van der Waals surface area (Å²) in [6, 6.07) is 16.4. The van der Waals surface area contributed by atoms with Gasteiger partial charge in [0.05, 0.1) is 0 Å². The van der Waals surface area contributed by atoms with E-state index in [0.717, 1.165) is 50.1 Å². The Labute approximate surface area is 198 Å². The molecule has 0 aliphatic carbocycles. The first kappa shape index (κ1) is 23.7. The average molecular weight is 493 g/mol. The van der Waals surface area contributed by atoms with Crippen LogP contribution in [-0.4, -0.2) is 16.2 Å². The Hall–Kier alpha value is -2.92. The highest BCUT2D eigenvalue weighted by Gasteiger charge is 2.19. The smallest absolute Gasteiger partial charge is 0.404 e. The Balaban J connectivity index is 2.26. The number of nitrogens with zero attached hydrogens (tertiary/aromatic N) is 1. The number of aromatic nitrogens is 1. The molecule has 0 fully saturated rings. The molecule has 0 bridgehead atoms. The van der Waals surface area contributed by atoms with Gasteiger partial charge in [-0.25, -0.2) is 4.79 Å². The minimum absolute atomic E-state index is 0.212. The normalized spacial score (nSPS) is 11.3. The Morgan fingerprint density at radius 2 is 1.78 bits per heavy atom. The third-order valence-electron chi connectivity index (χ3n) is 5.30. The number of pyridine rings is 1. The number of halogens is 1. The van der Waals surface area contributed by atoms with E-state index in [1.807, 2.05) is 25.1 Å². The highest BCUT2D eigenvalue weighted by atomic mass is 79.9. The fourth-order valence-electron chi connectivity index (χ4n) is 3.77. The summed E-state index contributed by atoms with van der Waals surface area (Å²) in [5, 5.41) is 11.9. The monoisotopic (exact) mass is 492 g/mol. The molecule has 0 aliphatic rings. The van der Waals surface area contributed by atoms with Gasteiger partial charge in [-0.05, 0) is 48.9 Å². The van der Waals surface area contributed by atoms with Crippen molar-refractivity contribution >= 4 is 34.2 Å². The second kappa shape index (κ2) is 10.6. The summed E-state index contributed by atoms with van der Waals surface area (Å²) in [6.45, 7) is 8.60. The second-order valence-corrected chi connectivity index (χ2v) is 9.24. The zero-order chi connectivity index (χ0) is 23.3. The van der Waals surface area contributed by atoms with E-state index in [2.05, 4.69) is 84.5 Å². The lowest BCUT2D eigenvalue weighted by Gasteiger charge is -2.20. The van der Waals surface area contributed by atoms with Gasteiger partial charge >= 0.3 is 6.09 Å². The van der Waals surface area contributed by atoms with Gasteiger partial charge in [-0.2, -0.15) is 0 Å². The molecule has 0 saturated heterocycles. The maximum Gasteiger partial charge on any atom is 0.404 e. The molecule has 0 aliphatic heterocycles. The van der Waals surface area contributed by atoms with Gasteiger partial charge in [0.15, 0.2) is 0 Å². The van der Waals surface area contributed by atoms with E-state index in [-0.39, 0.29) is 6.54 Å².